The second-order valence-electron chi connectivity index (χ2n) is 45.9. The van der Waals surface area contributed by atoms with Crippen LogP contribution in [0.5, 0.6) is 0 Å². The lowest BCUT2D eigenvalue weighted by Gasteiger charge is -2.35. The summed E-state index contributed by atoms with van der Waals surface area (Å²) in [4.78, 5) is 0. The molecule has 0 N–H and O–H groups in total. The van der Waals surface area contributed by atoms with Crippen LogP contribution in [0.1, 0.15) is 405 Å². The predicted octanol–water partition coefficient (Wildman–Crippen LogP) is 39.1. The van der Waals surface area contributed by atoms with Gasteiger partial charge in [0.05, 0.1) is 0 Å². The third-order valence-corrected chi connectivity index (χ3v) is 35.5. The van der Waals surface area contributed by atoms with Crippen molar-refractivity contribution in [3.63, 3.8) is 0 Å². The van der Waals surface area contributed by atoms with Crippen molar-refractivity contribution in [2.24, 2.45) is 0 Å². The van der Waals surface area contributed by atoms with Gasteiger partial charge in [0, 0.05) is 21.7 Å². The van der Waals surface area contributed by atoms with E-state index < -0.39 is 0 Å². The van der Waals surface area contributed by atoms with Crippen molar-refractivity contribution in [3.05, 3.63) is 435 Å². The number of unbranched alkanes of at least 4 members (excludes halogenated alkanes) is 22. The van der Waals surface area contributed by atoms with E-state index in [-0.39, 0.29) is 21.7 Å². The highest BCUT2D eigenvalue weighted by Gasteiger charge is 2.49. The number of hydrogen-bond donors (Lipinski definition) is 0. The standard InChI is InChI=1S/C43H50.C40H46.C31H42.C29H32/c1-31-13-23-39-40-24-14-32(2)28-42(40)43(41(39)27-31,25-9-5-3-7-11-33-15-17-35-19-21-37(35)29-33)26-10-6-4-8-12-34-16-18-36-20-22-38(36)30-34;1-4-5-6-8-11-31-16-21-35(22-17-31)40(25-10-7-9-12-32-15-18-33-19-20-34(33)28-32)38-26-29(2)13-23-36(38)37-24-14-30(3)27-39(37)40;1-5-7-9-11-13-15-21-31(22-16-14-12-10-8-6-2)29-23-25(3)17-19-27(29)28-20-18-26(4)24-30(28)31;1-4-5-6-7-16-29(24-13-12-22-10-11-23(22)19-24)27-17-20(2)8-14-25(27)26-15-9-21(3)18-28(26)29/h13-18,23-24,27-30H,3-12,19-22,25-26H2,1-2H3;13-18,21-24,26-28H,4-12,19-20,25H2,1-3H3;5-6,17-20,23-24H,1-2,7-16,21-22H2,3-4H3;8-9,12-15,17-19H,4-7,10-11,16H2,1-3H3. The summed E-state index contributed by atoms with van der Waals surface area (Å²) in [6.07, 6.45) is 64.5. The van der Waals surface area contributed by atoms with Gasteiger partial charge in [-0.2, -0.15) is 0 Å². The van der Waals surface area contributed by atoms with Gasteiger partial charge in [-0.3, -0.25) is 0 Å². The van der Waals surface area contributed by atoms with Crippen LogP contribution in [0.25, 0.3) is 44.5 Å². The van der Waals surface area contributed by atoms with E-state index in [1.54, 1.807) is 77.9 Å². The van der Waals surface area contributed by atoms with Gasteiger partial charge in [0.25, 0.3) is 0 Å². The fourth-order valence-corrected chi connectivity index (χ4v) is 27.0. The first-order valence-corrected chi connectivity index (χ1v) is 57.6. The van der Waals surface area contributed by atoms with E-state index >= 15 is 0 Å². The molecule has 0 heterocycles. The van der Waals surface area contributed by atoms with Crippen LogP contribution in [0, 0.1) is 55.4 Å². The van der Waals surface area contributed by atoms with Crippen molar-refractivity contribution in [1.82, 2.24) is 0 Å². The molecule has 21 rings (SSSR count). The van der Waals surface area contributed by atoms with Crippen LogP contribution < -0.4 is 0 Å². The third kappa shape index (κ3) is 22.7. The first kappa shape index (κ1) is 102. The van der Waals surface area contributed by atoms with E-state index in [1.807, 2.05) is 0 Å². The maximum Gasteiger partial charge on any atom is 0.0463 e. The summed E-state index contributed by atoms with van der Waals surface area (Å²) in [6, 6.07) is 96.4. The normalized spacial score (nSPS) is 14.7. The second kappa shape index (κ2) is 47.7. The molecule has 0 spiro atoms. The number of aryl methyl sites for hydroxylation is 20. The zero-order valence-corrected chi connectivity index (χ0v) is 89.9. The van der Waals surface area contributed by atoms with Gasteiger partial charge in [0.1, 0.15) is 0 Å². The Hall–Kier alpha value is -10.7. The van der Waals surface area contributed by atoms with Gasteiger partial charge >= 0.3 is 0 Å². The predicted molar refractivity (Wildman–Crippen MR) is 617 cm³/mol. The van der Waals surface area contributed by atoms with Gasteiger partial charge in [-0.25, -0.2) is 0 Å². The third-order valence-electron chi connectivity index (χ3n) is 35.5. The van der Waals surface area contributed by atoms with Crippen LogP contribution in [0.3, 0.4) is 0 Å². The Kier molecular flexibility index (Phi) is 34.1. The first-order chi connectivity index (χ1) is 69.9. The molecule has 0 atom stereocenters. The van der Waals surface area contributed by atoms with Crippen LogP contribution in [0.2, 0.25) is 0 Å². The Morgan fingerprint density at radius 1 is 0.196 bits per heavy atom. The monoisotopic (exact) mass is 1890 g/mol. The molecule has 143 heavy (non-hydrogen) atoms. The molecule has 13 aromatic rings. The van der Waals surface area contributed by atoms with Crippen molar-refractivity contribution >= 4 is 0 Å². The fourth-order valence-electron chi connectivity index (χ4n) is 27.0. The van der Waals surface area contributed by atoms with Crippen molar-refractivity contribution < 1.29 is 0 Å². The molecular formula is C143H170. The zero-order chi connectivity index (χ0) is 98.9. The number of rotatable bonds is 46. The highest BCUT2D eigenvalue weighted by atomic mass is 14.5. The Bertz CT molecular complexity index is 6270. The highest BCUT2D eigenvalue weighted by molar-refractivity contribution is 5.87. The largest absolute Gasteiger partial charge is 0.103 e. The molecule has 0 heteroatoms. The van der Waals surface area contributed by atoms with Crippen molar-refractivity contribution in [2.45, 2.75) is 393 Å². The molecular weight excluding hydrogens is 1720 g/mol. The van der Waals surface area contributed by atoms with Crippen molar-refractivity contribution in [2.75, 3.05) is 0 Å². The minimum Gasteiger partial charge on any atom is -0.103 e. The smallest absolute Gasteiger partial charge is 0.0463 e. The van der Waals surface area contributed by atoms with Crippen LogP contribution in [-0.4, -0.2) is 0 Å². The van der Waals surface area contributed by atoms with E-state index in [4.69, 9.17) is 0 Å². The van der Waals surface area contributed by atoms with Gasteiger partial charge in [-0.05, 0) is 389 Å². The summed E-state index contributed by atoms with van der Waals surface area (Å²) in [5, 5.41) is 0. The number of fused-ring (bicyclic) bond motifs is 16. The minimum atomic E-state index is -0.0703. The molecule has 0 aliphatic heterocycles. The molecule has 0 radical (unpaired) electrons. The number of hydrogen-bond acceptors (Lipinski definition) is 0. The number of benzene rings is 13. The summed E-state index contributed by atoms with van der Waals surface area (Å²) in [5.74, 6) is 0. The highest BCUT2D eigenvalue weighted by Crippen LogP contribution is 2.61. The van der Waals surface area contributed by atoms with Crippen LogP contribution in [0.4, 0.5) is 0 Å². The lowest BCUT2D eigenvalue weighted by Crippen LogP contribution is -2.28. The Balaban J connectivity index is 0.000000127. The molecule has 0 unspecified atom stereocenters. The topological polar surface area (TPSA) is 0 Å². The van der Waals surface area contributed by atoms with Crippen LogP contribution >= 0.6 is 0 Å². The van der Waals surface area contributed by atoms with Crippen LogP contribution in [-0.2, 0) is 98.7 Å². The van der Waals surface area contributed by atoms with Gasteiger partial charge in [-0.15, -0.1) is 13.2 Å². The molecule has 0 amide bonds. The summed E-state index contributed by atoms with van der Waals surface area (Å²) in [5.41, 5.74) is 57.5. The SMILES string of the molecule is C=CCCCCCCC1(CCCCCCC=C)c2cc(C)ccc2-c2ccc(C)cc21.CCCCCCC1(c2ccc3c(c2)CC3)c2cc(C)ccc2-c2ccc(C)cc21.CCCCCCc1ccc(C2(CCCCCc3ccc4c(c3)CC4)c3cc(C)ccc3-c3ccc(C)cc32)cc1.Cc1ccc2c(c1)C(CCCCCCc1ccc3c(c1)CC3)(CCCCCCc1ccc3c(c1)CC3)c1cc(C)ccc1-2. The molecule has 742 valence electrons. The van der Waals surface area contributed by atoms with E-state index in [0.29, 0.717) is 0 Å². The summed E-state index contributed by atoms with van der Waals surface area (Å²) >= 11 is 0. The van der Waals surface area contributed by atoms with Crippen molar-refractivity contribution in [3.8, 4) is 44.5 Å². The van der Waals surface area contributed by atoms with E-state index in [0.717, 1.165) is 12.8 Å². The second-order valence-corrected chi connectivity index (χ2v) is 45.9. The molecule has 0 aromatic heterocycles. The molecule has 0 saturated heterocycles. The lowest BCUT2D eigenvalue weighted by atomic mass is 9.67. The Morgan fingerprint density at radius 3 is 0.706 bits per heavy atom. The average molecular weight is 1890 g/mol. The van der Waals surface area contributed by atoms with Gasteiger partial charge < -0.3 is 0 Å². The van der Waals surface area contributed by atoms with Gasteiger partial charge in [-0.1, -0.05) is 448 Å². The maximum atomic E-state index is 3.87. The van der Waals surface area contributed by atoms with Gasteiger partial charge in [0.2, 0.25) is 0 Å². The Labute approximate surface area is 865 Å². The van der Waals surface area contributed by atoms with E-state index in [9.17, 15) is 0 Å². The lowest BCUT2D eigenvalue weighted by molar-refractivity contribution is 0.399. The quantitative estimate of drug-likeness (QED) is 0.0263. The van der Waals surface area contributed by atoms with E-state index in [1.165, 1.54) is 422 Å². The summed E-state index contributed by atoms with van der Waals surface area (Å²) < 4.78 is 0. The molecule has 8 aliphatic rings. The van der Waals surface area contributed by atoms with Gasteiger partial charge in [0.15, 0.2) is 0 Å². The first-order valence-electron chi connectivity index (χ1n) is 57.6. The van der Waals surface area contributed by atoms with Crippen molar-refractivity contribution in [1.29, 1.82) is 0 Å². The molecule has 13 aromatic carbocycles. The average Bonchev–Trinajstić information content (AvgIpc) is 1.56. The molecule has 0 fully saturated rings. The minimum absolute atomic E-state index is 0.00106. The molecule has 0 saturated carbocycles. The molecule has 0 bridgehead atoms. The van der Waals surface area contributed by atoms with Crippen LogP contribution in [0.15, 0.2) is 268 Å². The maximum absolute atomic E-state index is 3.87. The summed E-state index contributed by atoms with van der Waals surface area (Å²) in [7, 11) is 0. The number of allylic oxidation sites excluding steroid dienone is 2. The zero-order valence-electron chi connectivity index (χ0n) is 89.9. The Morgan fingerprint density at radius 2 is 0.420 bits per heavy atom. The summed E-state index contributed by atoms with van der Waals surface area (Å²) in [6.45, 7) is 30.4. The molecule has 0 nitrogen and oxygen atoms in total. The van der Waals surface area contributed by atoms with E-state index in [2.05, 4.69) is 337 Å². The molecule has 8 aliphatic carbocycles. The fraction of sp³-hybridized carbons (Fsp3) is 0.427.